The topological polar surface area (TPSA) is 27.7 Å². The van der Waals surface area contributed by atoms with Gasteiger partial charge < -0.3 is 15.0 Å². The van der Waals surface area contributed by atoms with Crippen molar-refractivity contribution in [2.24, 2.45) is 0 Å². The van der Waals surface area contributed by atoms with Crippen LogP contribution in [0.2, 0.25) is 0 Å². The molecule has 0 bridgehead atoms. The highest BCUT2D eigenvalue weighted by atomic mass is 16.5. The molecule has 0 radical (unpaired) electrons. The average Bonchev–Trinajstić information content (AvgIpc) is 2.41. The van der Waals surface area contributed by atoms with Gasteiger partial charge in [-0.3, -0.25) is 4.90 Å². The van der Waals surface area contributed by atoms with Crippen molar-refractivity contribution < 1.29 is 4.74 Å². The molecule has 2 unspecified atom stereocenters. The highest BCUT2D eigenvalue weighted by Gasteiger charge is 2.30. The van der Waals surface area contributed by atoms with E-state index < -0.39 is 0 Å². The van der Waals surface area contributed by atoms with Gasteiger partial charge in [0.2, 0.25) is 0 Å². The molecule has 2 atom stereocenters. The lowest BCUT2D eigenvalue weighted by Gasteiger charge is -2.43. The van der Waals surface area contributed by atoms with Crippen LogP contribution in [0.3, 0.4) is 0 Å². The summed E-state index contributed by atoms with van der Waals surface area (Å²) in [5, 5.41) is 3.80. The van der Waals surface area contributed by atoms with Crippen molar-refractivity contribution in [1.29, 1.82) is 0 Å². The van der Waals surface area contributed by atoms with Crippen LogP contribution in [0.5, 0.6) is 0 Å². The summed E-state index contributed by atoms with van der Waals surface area (Å²) in [6.45, 7) is 13.2. The molecule has 4 nitrogen and oxygen atoms in total. The lowest BCUT2D eigenvalue weighted by molar-refractivity contribution is -0.0112. The standard InChI is InChI=1S/C15H31N3O/c1-13-11-14(5-6-17(13)4)16-12-15(2,3)18-7-9-19-10-8-18/h13-14,16H,5-12H2,1-4H3. The highest BCUT2D eigenvalue weighted by molar-refractivity contribution is 4.88. The first-order valence-electron chi connectivity index (χ1n) is 7.75. The van der Waals surface area contributed by atoms with Gasteiger partial charge in [0.05, 0.1) is 13.2 Å². The molecule has 2 saturated heterocycles. The molecule has 2 aliphatic heterocycles. The number of hydrogen-bond acceptors (Lipinski definition) is 4. The molecule has 2 fully saturated rings. The fourth-order valence-electron chi connectivity index (χ4n) is 3.15. The monoisotopic (exact) mass is 269 g/mol. The number of ether oxygens (including phenoxy) is 1. The minimum absolute atomic E-state index is 0.233. The Labute approximate surface area is 118 Å². The summed E-state index contributed by atoms with van der Waals surface area (Å²) in [7, 11) is 2.23. The van der Waals surface area contributed by atoms with Gasteiger partial charge in [-0.15, -0.1) is 0 Å². The third-order valence-electron chi connectivity index (χ3n) is 4.90. The Balaban J connectivity index is 1.77. The van der Waals surface area contributed by atoms with E-state index in [2.05, 4.69) is 42.9 Å². The van der Waals surface area contributed by atoms with E-state index in [0.717, 1.165) is 32.8 Å². The normalized spacial score (nSPS) is 31.6. The molecule has 0 aliphatic carbocycles. The van der Waals surface area contributed by atoms with Crippen molar-refractivity contribution >= 4 is 0 Å². The summed E-state index contributed by atoms with van der Waals surface area (Å²) >= 11 is 0. The van der Waals surface area contributed by atoms with Crippen LogP contribution in [0.25, 0.3) is 0 Å². The Hall–Kier alpha value is -0.160. The maximum absolute atomic E-state index is 5.45. The van der Waals surface area contributed by atoms with Crippen molar-refractivity contribution in [3.05, 3.63) is 0 Å². The Morgan fingerprint density at radius 1 is 1.21 bits per heavy atom. The molecule has 0 aromatic rings. The molecule has 0 aromatic heterocycles. The summed E-state index contributed by atoms with van der Waals surface area (Å²) in [5.41, 5.74) is 0.233. The van der Waals surface area contributed by atoms with E-state index >= 15 is 0 Å². The van der Waals surface area contributed by atoms with Crippen molar-refractivity contribution in [3.8, 4) is 0 Å². The Bertz CT molecular complexity index is 277. The number of likely N-dealkylation sites (tertiary alicyclic amines) is 1. The Morgan fingerprint density at radius 3 is 2.53 bits per heavy atom. The summed E-state index contributed by atoms with van der Waals surface area (Å²) in [5.74, 6) is 0. The maximum Gasteiger partial charge on any atom is 0.0594 e. The van der Waals surface area contributed by atoms with Gasteiger partial charge in [0, 0.05) is 37.3 Å². The van der Waals surface area contributed by atoms with Gasteiger partial charge in [0.15, 0.2) is 0 Å². The van der Waals surface area contributed by atoms with Crippen molar-refractivity contribution in [2.45, 2.75) is 51.2 Å². The SMILES string of the molecule is CC1CC(NCC(C)(C)N2CCOCC2)CCN1C. The number of nitrogens with zero attached hydrogens (tertiary/aromatic N) is 2. The summed E-state index contributed by atoms with van der Waals surface area (Å²) in [6, 6.07) is 1.39. The zero-order chi connectivity index (χ0) is 13.9. The zero-order valence-corrected chi connectivity index (χ0v) is 13.1. The number of morpholine rings is 1. The van der Waals surface area contributed by atoms with E-state index in [0.29, 0.717) is 12.1 Å². The summed E-state index contributed by atoms with van der Waals surface area (Å²) in [4.78, 5) is 5.02. The molecule has 112 valence electrons. The quantitative estimate of drug-likeness (QED) is 0.829. The molecular weight excluding hydrogens is 238 g/mol. The van der Waals surface area contributed by atoms with E-state index in [1.54, 1.807) is 0 Å². The van der Waals surface area contributed by atoms with Gasteiger partial charge in [0.25, 0.3) is 0 Å². The zero-order valence-electron chi connectivity index (χ0n) is 13.1. The number of nitrogens with one attached hydrogen (secondary N) is 1. The number of hydrogen-bond donors (Lipinski definition) is 1. The van der Waals surface area contributed by atoms with Gasteiger partial charge in [-0.1, -0.05) is 0 Å². The van der Waals surface area contributed by atoms with Crippen LogP contribution in [-0.4, -0.2) is 73.9 Å². The second-order valence-electron chi connectivity index (χ2n) is 6.84. The Kier molecular flexibility index (Phi) is 5.23. The van der Waals surface area contributed by atoms with Crippen LogP contribution in [0.15, 0.2) is 0 Å². The molecule has 0 saturated carbocycles. The Morgan fingerprint density at radius 2 is 1.89 bits per heavy atom. The largest absolute Gasteiger partial charge is 0.379 e. The number of rotatable bonds is 4. The fraction of sp³-hybridized carbons (Fsp3) is 1.00. The molecule has 4 heteroatoms. The maximum atomic E-state index is 5.45. The lowest BCUT2D eigenvalue weighted by Crippen LogP contribution is -2.57. The number of piperidine rings is 1. The first-order valence-corrected chi connectivity index (χ1v) is 7.75. The highest BCUT2D eigenvalue weighted by Crippen LogP contribution is 2.19. The predicted octanol–water partition coefficient (Wildman–Crippen LogP) is 1.17. The average molecular weight is 269 g/mol. The molecule has 2 aliphatic rings. The van der Waals surface area contributed by atoms with E-state index in [-0.39, 0.29) is 5.54 Å². The minimum atomic E-state index is 0.233. The molecule has 19 heavy (non-hydrogen) atoms. The summed E-state index contributed by atoms with van der Waals surface area (Å²) < 4.78 is 5.45. The van der Waals surface area contributed by atoms with Gasteiger partial charge in [0.1, 0.15) is 0 Å². The fourth-order valence-corrected chi connectivity index (χ4v) is 3.15. The summed E-state index contributed by atoms with van der Waals surface area (Å²) in [6.07, 6.45) is 2.55. The first kappa shape index (κ1) is 15.2. The van der Waals surface area contributed by atoms with Gasteiger partial charge >= 0.3 is 0 Å². The lowest BCUT2D eigenvalue weighted by atomic mass is 9.96. The van der Waals surface area contributed by atoms with Crippen LogP contribution >= 0.6 is 0 Å². The van der Waals surface area contributed by atoms with Crippen molar-refractivity contribution in [3.63, 3.8) is 0 Å². The minimum Gasteiger partial charge on any atom is -0.379 e. The predicted molar refractivity (Wildman–Crippen MR) is 79.6 cm³/mol. The van der Waals surface area contributed by atoms with Gasteiger partial charge in [-0.05, 0) is 47.2 Å². The smallest absolute Gasteiger partial charge is 0.0594 e. The van der Waals surface area contributed by atoms with Crippen LogP contribution in [-0.2, 0) is 4.74 Å². The molecule has 1 N–H and O–H groups in total. The van der Waals surface area contributed by atoms with E-state index in [4.69, 9.17) is 4.74 Å². The molecular formula is C15H31N3O. The van der Waals surface area contributed by atoms with Crippen LogP contribution < -0.4 is 5.32 Å². The van der Waals surface area contributed by atoms with Gasteiger partial charge in [-0.2, -0.15) is 0 Å². The van der Waals surface area contributed by atoms with Crippen molar-refractivity contribution in [2.75, 3.05) is 46.4 Å². The molecule has 0 spiro atoms. The molecule has 0 aromatic carbocycles. The second kappa shape index (κ2) is 6.53. The van der Waals surface area contributed by atoms with E-state index in [9.17, 15) is 0 Å². The van der Waals surface area contributed by atoms with Crippen LogP contribution in [0.4, 0.5) is 0 Å². The first-order chi connectivity index (χ1) is 8.99. The van der Waals surface area contributed by atoms with Gasteiger partial charge in [-0.25, -0.2) is 0 Å². The molecule has 2 heterocycles. The molecule has 0 amide bonds. The van der Waals surface area contributed by atoms with Crippen molar-refractivity contribution in [1.82, 2.24) is 15.1 Å². The van der Waals surface area contributed by atoms with E-state index in [1.807, 2.05) is 0 Å². The second-order valence-corrected chi connectivity index (χ2v) is 6.84. The van der Waals surface area contributed by atoms with Crippen LogP contribution in [0.1, 0.15) is 33.6 Å². The van der Waals surface area contributed by atoms with E-state index in [1.165, 1.54) is 19.4 Å². The van der Waals surface area contributed by atoms with Crippen LogP contribution in [0, 0.1) is 0 Å². The third kappa shape index (κ3) is 4.15. The molecule has 2 rings (SSSR count). The third-order valence-corrected chi connectivity index (χ3v) is 4.90.